The Balaban J connectivity index is 2.37. The molecule has 1 aromatic carbocycles. The van der Waals surface area contributed by atoms with Crippen molar-refractivity contribution in [2.45, 2.75) is 6.92 Å². The molecule has 0 atom stereocenters. The van der Waals surface area contributed by atoms with Gasteiger partial charge in [-0.3, -0.25) is 0 Å². The molecule has 6 heteroatoms. The van der Waals surface area contributed by atoms with Gasteiger partial charge in [0.25, 0.3) is 0 Å². The van der Waals surface area contributed by atoms with E-state index in [9.17, 15) is 4.79 Å². The summed E-state index contributed by atoms with van der Waals surface area (Å²) in [6.07, 6.45) is 1.68. The average molecular weight is 387 g/mol. The van der Waals surface area contributed by atoms with Gasteiger partial charge in [0.2, 0.25) is 5.88 Å². The fraction of sp³-hybridized carbons (Fsp3) is 0.0769. The minimum atomic E-state index is -1.01. The molecular formula is C13H9Br2NO3. The SMILES string of the molecule is Cc1cnc(Oc2cc(C(=O)O)ccc2Br)c(Br)c1. The van der Waals surface area contributed by atoms with Gasteiger partial charge < -0.3 is 9.84 Å². The highest BCUT2D eigenvalue weighted by Crippen LogP contribution is 2.33. The normalized spacial score (nSPS) is 10.3. The summed E-state index contributed by atoms with van der Waals surface area (Å²) in [4.78, 5) is 15.1. The van der Waals surface area contributed by atoms with Crippen LogP contribution in [0.1, 0.15) is 15.9 Å². The molecule has 1 heterocycles. The number of halogens is 2. The van der Waals surface area contributed by atoms with E-state index in [1.54, 1.807) is 12.3 Å². The van der Waals surface area contributed by atoms with Gasteiger partial charge in [-0.05, 0) is 68.6 Å². The van der Waals surface area contributed by atoms with Crippen molar-refractivity contribution in [3.05, 3.63) is 50.5 Å². The molecule has 0 aliphatic heterocycles. The maximum atomic E-state index is 10.9. The molecule has 0 bridgehead atoms. The van der Waals surface area contributed by atoms with Crippen LogP contribution in [-0.4, -0.2) is 16.1 Å². The monoisotopic (exact) mass is 385 g/mol. The second-order valence-corrected chi connectivity index (χ2v) is 5.56. The highest BCUT2D eigenvalue weighted by Gasteiger charge is 2.11. The molecule has 0 radical (unpaired) electrons. The summed E-state index contributed by atoms with van der Waals surface area (Å²) in [5.74, 6) is -0.223. The summed E-state index contributed by atoms with van der Waals surface area (Å²) in [7, 11) is 0. The first-order valence-electron chi connectivity index (χ1n) is 5.30. The van der Waals surface area contributed by atoms with Crippen LogP contribution < -0.4 is 4.74 Å². The van der Waals surface area contributed by atoms with E-state index in [4.69, 9.17) is 9.84 Å². The molecule has 19 heavy (non-hydrogen) atoms. The van der Waals surface area contributed by atoms with Crippen molar-refractivity contribution >= 4 is 37.8 Å². The van der Waals surface area contributed by atoms with Crippen molar-refractivity contribution in [2.75, 3.05) is 0 Å². The molecule has 0 aliphatic carbocycles. The van der Waals surface area contributed by atoms with Gasteiger partial charge in [0.15, 0.2) is 0 Å². The molecule has 0 aliphatic rings. The van der Waals surface area contributed by atoms with Crippen molar-refractivity contribution in [2.24, 2.45) is 0 Å². The maximum Gasteiger partial charge on any atom is 0.335 e. The quantitative estimate of drug-likeness (QED) is 0.848. The van der Waals surface area contributed by atoms with Crippen LogP contribution in [0.2, 0.25) is 0 Å². The third-order valence-corrected chi connectivity index (χ3v) is 3.55. The van der Waals surface area contributed by atoms with Crippen molar-refractivity contribution in [3.8, 4) is 11.6 Å². The molecule has 2 aromatic rings. The van der Waals surface area contributed by atoms with Crippen molar-refractivity contribution in [1.29, 1.82) is 0 Å². The number of carboxylic acid groups (broad SMARTS) is 1. The zero-order chi connectivity index (χ0) is 14.0. The van der Waals surface area contributed by atoms with Crippen LogP contribution in [0.25, 0.3) is 0 Å². The van der Waals surface area contributed by atoms with E-state index in [0.717, 1.165) is 5.56 Å². The molecule has 0 saturated heterocycles. The average Bonchev–Trinajstić information content (AvgIpc) is 2.34. The van der Waals surface area contributed by atoms with Crippen molar-refractivity contribution in [3.63, 3.8) is 0 Å². The van der Waals surface area contributed by atoms with Gasteiger partial charge in [-0.15, -0.1) is 0 Å². The highest BCUT2D eigenvalue weighted by molar-refractivity contribution is 9.11. The van der Waals surface area contributed by atoms with Crippen LogP contribution in [0, 0.1) is 6.92 Å². The van der Waals surface area contributed by atoms with Crippen LogP contribution in [0.15, 0.2) is 39.4 Å². The fourth-order valence-corrected chi connectivity index (χ4v) is 2.29. The first kappa shape index (κ1) is 14.0. The van der Waals surface area contributed by atoms with Gasteiger partial charge in [0.1, 0.15) is 5.75 Å². The second kappa shape index (κ2) is 5.71. The van der Waals surface area contributed by atoms with E-state index in [-0.39, 0.29) is 5.56 Å². The van der Waals surface area contributed by atoms with Crippen molar-refractivity contribution < 1.29 is 14.6 Å². The number of carboxylic acids is 1. The number of nitrogens with zero attached hydrogens (tertiary/aromatic N) is 1. The van der Waals surface area contributed by atoms with E-state index < -0.39 is 5.97 Å². The summed E-state index contributed by atoms with van der Waals surface area (Å²) >= 11 is 6.67. The molecule has 2 rings (SSSR count). The Bertz CT molecular complexity index is 644. The van der Waals surface area contributed by atoms with Crippen molar-refractivity contribution in [1.82, 2.24) is 4.98 Å². The van der Waals surface area contributed by atoms with Gasteiger partial charge in [0.05, 0.1) is 14.5 Å². The number of benzene rings is 1. The summed E-state index contributed by atoms with van der Waals surface area (Å²) in [6.45, 7) is 1.92. The molecule has 1 aromatic heterocycles. The molecule has 4 nitrogen and oxygen atoms in total. The number of aromatic nitrogens is 1. The Morgan fingerprint density at radius 1 is 1.26 bits per heavy atom. The number of ether oxygens (including phenoxy) is 1. The fourth-order valence-electron chi connectivity index (χ4n) is 1.41. The van der Waals surface area contributed by atoms with Gasteiger partial charge in [-0.2, -0.15) is 0 Å². The Hall–Kier alpha value is -1.40. The number of hydrogen-bond donors (Lipinski definition) is 1. The van der Waals surface area contributed by atoms with Crippen LogP contribution in [0.5, 0.6) is 11.6 Å². The summed E-state index contributed by atoms with van der Waals surface area (Å²) in [6, 6.07) is 6.44. The first-order chi connectivity index (χ1) is 8.97. The number of rotatable bonds is 3. The zero-order valence-corrected chi connectivity index (χ0v) is 13.0. The van der Waals surface area contributed by atoms with E-state index in [1.165, 1.54) is 12.1 Å². The molecule has 0 fully saturated rings. The van der Waals surface area contributed by atoms with E-state index in [1.807, 2.05) is 13.0 Å². The third-order valence-electron chi connectivity index (χ3n) is 2.33. The summed E-state index contributed by atoms with van der Waals surface area (Å²) in [5.41, 5.74) is 1.15. The Morgan fingerprint density at radius 3 is 2.63 bits per heavy atom. The molecule has 0 saturated carbocycles. The van der Waals surface area contributed by atoms with E-state index in [0.29, 0.717) is 20.6 Å². The Kier molecular flexibility index (Phi) is 4.21. The number of aryl methyl sites for hydroxylation is 1. The van der Waals surface area contributed by atoms with Crippen LogP contribution >= 0.6 is 31.9 Å². The minimum absolute atomic E-state index is 0.154. The number of aromatic carboxylic acids is 1. The lowest BCUT2D eigenvalue weighted by atomic mass is 10.2. The van der Waals surface area contributed by atoms with Gasteiger partial charge in [0, 0.05) is 6.20 Å². The second-order valence-electron chi connectivity index (χ2n) is 3.85. The van der Waals surface area contributed by atoms with Gasteiger partial charge >= 0.3 is 5.97 Å². The third kappa shape index (κ3) is 3.33. The molecule has 1 N–H and O–H groups in total. The molecule has 0 unspecified atom stereocenters. The Labute approximate surface area is 126 Å². The Morgan fingerprint density at radius 2 is 2.00 bits per heavy atom. The molecule has 0 amide bonds. The van der Waals surface area contributed by atoms with E-state index >= 15 is 0 Å². The number of pyridine rings is 1. The predicted octanol–water partition coefficient (Wildman–Crippen LogP) is 4.41. The lowest BCUT2D eigenvalue weighted by Crippen LogP contribution is -1.97. The minimum Gasteiger partial charge on any atom is -0.478 e. The van der Waals surface area contributed by atoms with Gasteiger partial charge in [-0.25, -0.2) is 9.78 Å². The number of carbonyl (C=O) groups is 1. The smallest absolute Gasteiger partial charge is 0.335 e. The van der Waals surface area contributed by atoms with Crippen LogP contribution in [0.4, 0.5) is 0 Å². The molecule has 98 valence electrons. The highest BCUT2D eigenvalue weighted by atomic mass is 79.9. The lowest BCUT2D eigenvalue weighted by Gasteiger charge is -2.09. The standard InChI is InChI=1S/C13H9Br2NO3/c1-7-4-10(15)12(16-6-7)19-11-5-8(13(17)18)2-3-9(11)14/h2-6H,1H3,(H,17,18). The van der Waals surface area contributed by atoms with Crippen LogP contribution in [-0.2, 0) is 0 Å². The molecular weight excluding hydrogens is 378 g/mol. The summed E-state index contributed by atoms with van der Waals surface area (Å²) in [5, 5.41) is 8.96. The number of hydrogen-bond acceptors (Lipinski definition) is 3. The topological polar surface area (TPSA) is 59.4 Å². The predicted molar refractivity (Wildman–Crippen MR) is 77.8 cm³/mol. The zero-order valence-electron chi connectivity index (χ0n) is 9.85. The van der Waals surface area contributed by atoms with Gasteiger partial charge in [-0.1, -0.05) is 0 Å². The lowest BCUT2D eigenvalue weighted by molar-refractivity contribution is 0.0696. The van der Waals surface area contributed by atoms with Crippen LogP contribution in [0.3, 0.4) is 0 Å². The molecule has 0 spiro atoms. The summed E-state index contributed by atoms with van der Waals surface area (Å²) < 4.78 is 6.99. The first-order valence-corrected chi connectivity index (χ1v) is 6.89. The maximum absolute atomic E-state index is 10.9. The van der Waals surface area contributed by atoms with E-state index in [2.05, 4.69) is 36.8 Å². The largest absolute Gasteiger partial charge is 0.478 e.